The van der Waals surface area contributed by atoms with Crippen molar-refractivity contribution in [2.24, 2.45) is 0 Å². The lowest BCUT2D eigenvalue weighted by molar-refractivity contribution is -0.137. The van der Waals surface area contributed by atoms with Gasteiger partial charge in [-0.15, -0.1) is 6.58 Å². The summed E-state index contributed by atoms with van der Waals surface area (Å²) in [6.07, 6.45) is 0. The molecule has 32 heavy (non-hydrogen) atoms. The van der Waals surface area contributed by atoms with Crippen LogP contribution in [0.25, 0.3) is 22.7 Å². The Morgan fingerprint density at radius 1 is 1.31 bits per heavy atom. The third-order valence-corrected chi connectivity index (χ3v) is 4.92. The van der Waals surface area contributed by atoms with Crippen LogP contribution in [-0.4, -0.2) is 40.8 Å². The molecule has 0 saturated carbocycles. The molecule has 1 aromatic carbocycles. The fourth-order valence-corrected chi connectivity index (χ4v) is 3.38. The minimum absolute atomic E-state index is 0.0221. The number of carbonyl (C=O) groups excluding carboxylic acids is 1. The van der Waals surface area contributed by atoms with E-state index < -0.39 is 35.5 Å². The average Bonchev–Trinajstić information content (AvgIpc) is 3.07. The third kappa shape index (κ3) is 3.46. The predicted molar refractivity (Wildman–Crippen MR) is 116 cm³/mol. The maximum absolute atomic E-state index is 13.0. The Morgan fingerprint density at radius 2 is 1.94 bits per heavy atom. The first kappa shape index (κ1) is 21.9. The number of amides is 1. The van der Waals surface area contributed by atoms with Crippen molar-refractivity contribution < 1.29 is 19.8 Å². The molecule has 2 heterocycles. The fourth-order valence-electron chi connectivity index (χ4n) is 3.38. The number of nitriles is 1. The van der Waals surface area contributed by atoms with Crippen LogP contribution in [0.2, 0.25) is 0 Å². The number of carboxylic acid groups (broad SMARTS) is 1. The molecule has 0 radical (unpaired) electrons. The quantitative estimate of drug-likeness (QED) is 0.574. The molecule has 0 unspecified atom stereocenters. The summed E-state index contributed by atoms with van der Waals surface area (Å²) in [6.45, 7) is 10.0. The highest BCUT2D eigenvalue weighted by Crippen LogP contribution is 2.30. The lowest BCUT2D eigenvalue weighted by Gasteiger charge is -2.12. The largest absolute Gasteiger partial charge is 0.503 e. The lowest BCUT2D eigenvalue weighted by atomic mass is 10.00. The monoisotopic (exact) mass is 431 g/mol. The number of nitrogens with zero attached hydrogens (tertiary/aromatic N) is 4. The minimum Gasteiger partial charge on any atom is -0.503 e. The molecule has 1 aliphatic rings. The SMILES string of the molecule is [C-]#[N+]c1c(O)n(CC(=O)O)c(=O)c(=C2NC(=O)C(c3ccc(N(C)C)cc3)=C2C#N)c1=C. The number of aliphatic carboxylic acids is 1. The lowest BCUT2D eigenvalue weighted by Crippen LogP contribution is -2.48. The smallest absolute Gasteiger partial charge is 0.323 e. The summed E-state index contributed by atoms with van der Waals surface area (Å²) in [7, 11) is 3.70. The summed E-state index contributed by atoms with van der Waals surface area (Å²) in [4.78, 5) is 42.0. The number of aromatic nitrogens is 1. The number of aromatic hydroxyl groups is 1. The van der Waals surface area contributed by atoms with Crippen LogP contribution in [0.3, 0.4) is 0 Å². The van der Waals surface area contributed by atoms with E-state index in [-0.39, 0.29) is 27.3 Å². The topological polar surface area (TPSA) is 140 Å². The summed E-state index contributed by atoms with van der Waals surface area (Å²) < 4.78 is 0.484. The van der Waals surface area contributed by atoms with Crippen LogP contribution in [-0.2, 0) is 16.1 Å². The van der Waals surface area contributed by atoms with Crippen molar-refractivity contribution in [3.05, 3.63) is 67.6 Å². The molecule has 0 bridgehead atoms. The number of pyridine rings is 1. The van der Waals surface area contributed by atoms with Crippen LogP contribution in [0, 0.1) is 17.9 Å². The van der Waals surface area contributed by atoms with E-state index in [0.29, 0.717) is 10.1 Å². The van der Waals surface area contributed by atoms with E-state index in [1.165, 1.54) is 0 Å². The number of carboxylic acids is 1. The highest BCUT2D eigenvalue weighted by molar-refractivity contribution is 6.29. The van der Waals surface area contributed by atoms with Crippen molar-refractivity contribution in [1.82, 2.24) is 9.88 Å². The van der Waals surface area contributed by atoms with Gasteiger partial charge in [0.15, 0.2) is 5.88 Å². The molecule has 1 aromatic heterocycles. The highest BCUT2D eigenvalue weighted by atomic mass is 16.4. The fraction of sp³-hybridized carbons (Fsp3) is 0.136. The van der Waals surface area contributed by atoms with Crippen molar-refractivity contribution in [3.63, 3.8) is 0 Å². The van der Waals surface area contributed by atoms with E-state index in [2.05, 4.69) is 16.7 Å². The summed E-state index contributed by atoms with van der Waals surface area (Å²) >= 11 is 0. The molecule has 0 spiro atoms. The standard InChI is InChI=1S/C22H17N5O5/c1-11-16(21(31)27(10-15(28)29)22(32)18(11)24-2)19-14(9-23)17(20(30)25-19)12-5-7-13(8-6-12)26(3)4/h5-8,32H,1,10H2,3-4H3,(H,25,30)(H,28,29). The van der Waals surface area contributed by atoms with E-state index in [0.717, 1.165) is 5.69 Å². The Morgan fingerprint density at radius 3 is 2.44 bits per heavy atom. The molecule has 10 nitrogen and oxygen atoms in total. The number of carbonyl (C=O) groups is 2. The van der Waals surface area contributed by atoms with Crippen LogP contribution >= 0.6 is 0 Å². The summed E-state index contributed by atoms with van der Waals surface area (Å²) in [5.41, 5.74) is -0.485. The number of benzene rings is 1. The Labute approximate surface area is 181 Å². The molecule has 160 valence electrons. The molecule has 0 fully saturated rings. The second kappa shape index (κ2) is 8.13. The molecule has 0 saturated heterocycles. The molecule has 0 aliphatic carbocycles. The van der Waals surface area contributed by atoms with Crippen molar-refractivity contribution in [2.45, 2.75) is 6.54 Å². The number of rotatable bonds is 4. The van der Waals surface area contributed by atoms with Gasteiger partial charge in [0.05, 0.1) is 28.6 Å². The zero-order valence-electron chi connectivity index (χ0n) is 17.1. The second-order valence-electron chi connectivity index (χ2n) is 7.05. The number of nitrogens with one attached hydrogen (secondary N) is 1. The van der Waals surface area contributed by atoms with Crippen molar-refractivity contribution in [3.8, 4) is 11.9 Å². The Balaban J connectivity index is 2.43. The van der Waals surface area contributed by atoms with Gasteiger partial charge in [0.2, 0.25) is 0 Å². The Kier molecular flexibility index (Phi) is 5.55. The van der Waals surface area contributed by atoms with Crippen LogP contribution in [0.1, 0.15) is 5.56 Å². The number of hydrogen-bond acceptors (Lipinski definition) is 6. The summed E-state index contributed by atoms with van der Waals surface area (Å²) in [5, 5.41) is 31.0. The molecular formula is C22H17N5O5. The van der Waals surface area contributed by atoms with Gasteiger partial charge in [0.25, 0.3) is 17.2 Å². The van der Waals surface area contributed by atoms with Gasteiger partial charge in [-0.1, -0.05) is 12.1 Å². The molecule has 3 rings (SSSR count). The molecule has 1 aliphatic heterocycles. The highest BCUT2D eigenvalue weighted by Gasteiger charge is 2.31. The van der Waals surface area contributed by atoms with Gasteiger partial charge in [-0.25, -0.2) is 4.85 Å². The van der Waals surface area contributed by atoms with Gasteiger partial charge in [0.1, 0.15) is 12.6 Å². The molecule has 0 atom stereocenters. The average molecular weight is 431 g/mol. The normalized spacial score (nSPS) is 14.6. The van der Waals surface area contributed by atoms with Crippen LogP contribution in [0.5, 0.6) is 5.88 Å². The van der Waals surface area contributed by atoms with Gasteiger partial charge in [-0.2, -0.15) is 5.26 Å². The van der Waals surface area contributed by atoms with Crippen molar-refractivity contribution in [1.29, 1.82) is 5.26 Å². The predicted octanol–water partition coefficient (Wildman–Crippen LogP) is -0.119. The second-order valence-corrected chi connectivity index (χ2v) is 7.05. The maximum atomic E-state index is 13.0. The first-order valence-electron chi connectivity index (χ1n) is 9.14. The first-order valence-corrected chi connectivity index (χ1v) is 9.14. The number of anilines is 1. The van der Waals surface area contributed by atoms with E-state index >= 15 is 0 Å². The van der Waals surface area contributed by atoms with Crippen LogP contribution < -0.4 is 26.2 Å². The van der Waals surface area contributed by atoms with Gasteiger partial charge >= 0.3 is 5.97 Å². The third-order valence-electron chi connectivity index (χ3n) is 4.92. The molecule has 2 aromatic rings. The van der Waals surface area contributed by atoms with Crippen molar-refractivity contribution in [2.75, 3.05) is 19.0 Å². The van der Waals surface area contributed by atoms with E-state index in [4.69, 9.17) is 11.7 Å². The van der Waals surface area contributed by atoms with Gasteiger partial charge in [-0.3, -0.25) is 19.0 Å². The molecular weight excluding hydrogens is 414 g/mol. The first-order chi connectivity index (χ1) is 15.1. The molecule has 10 heteroatoms. The zero-order chi connectivity index (χ0) is 23.7. The maximum Gasteiger partial charge on any atom is 0.323 e. The number of hydrogen-bond donors (Lipinski definition) is 3. The Hall–Kier alpha value is -4.83. The van der Waals surface area contributed by atoms with Gasteiger partial charge < -0.3 is 20.4 Å². The summed E-state index contributed by atoms with van der Waals surface area (Å²) in [5.74, 6) is -2.93. The summed E-state index contributed by atoms with van der Waals surface area (Å²) in [6, 6.07) is 8.73. The van der Waals surface area contributed by atoms with Crippen LogP contribution in [0.15, 0.2) is 34.6 Å². The Bertz CT molecular complexity index is 1450. The van der Waals surface area contributed by atoms with Crippen molar-refractivity contribution >= 4 is 41.1 Å². The van der Waals surface area contributed by atoms with Gasteiger partial charge in [-0.05, 0) is 22.9 Å². The zero-order valence-corrected chi connectivity index (χ0v) is 17.1. The van der Waals surface area contributed by atoms with E-state index in [9.17, 15) is 24.8 Å². The van der Waals surface area contributed by atoms with E-state index in [1.807, 2.05) is 25.1 Å². The van der Waals surface area contributed by atoms with Crippen LogP contribution in [0.4, 0.5) is 11.4 Å². The van der Waals surface area contributed by atoms with E-state index in [1.54, 1.807) is 24.3 Å². The molecule has 3 N–H and O–H groups in total. The minimum atomic E-state index is -1.43. The van der Waals surface area contributed by atoms with Gasteiger partial charge in [0, 0.05) is 19.8 Å². The molecule has 1 amide bonds.